The van der Waals surface area contributed by atoms with Gasteiger partial charge in [-0.3, -0.25) is 4.79 Å². The van der Waals surface area contributed by atoms with Gasteiger partial charge in [-0.25, -0.2) is 12.7 Å². The number of sulfonamides is 1. The minimum absolute atomic E-state index is 0.152. The smallest absolute Gasteiger partial charge is 0.228 e. The van der Waals surface area contributed by atoms with Gasteiger partial charge >= 0.3 is 0 Å². The zero-order valence-corrected chi connectivity index (χ0v) is 20.3. The molecule has 2 aromatic rings. The van der Waals surface area contributed by atoms with Crippen molar-refractivity contribution in [2.75, 3.05) is 18.4 Å². The molecule has 2 aromatic carbocycles. The Bertz CT molecular complexity index is 1010. The number of benzene rings is 2. The lowest BCUT2D eigenvalue weighted by Gasteiger charge is -2.31. The molecule has 9 heteroatoms. The number of hydrogen-bond donors (Lipinski definition) is 1. The summed E-state index contributed by atoms with van der Waals surface area (Å²) >= 11 is 14.5. The highest BCUT2D eigenvalue weighted by atomic mass is 127. The summed E-state index contributed by atoms with van der Waals surface area (Å²) in [5.41, 5.74) is 2.11. The van der Waals surface area contributed by atoms with Gasteiger partial charge in [-0.2, -0.15) is 0 Å². The lowest BCUT2D eigenvalue weighted by atomic mass is 9.98. The van der Waals surface area contributed by atoms with Gasteiger partial charge < -0.3 is 5.32 Å². The molecule has 0 saturated carbocycles. The summed E-state index contributed by atoms with van der Waals surface area (Å²) in [6.07, 6.45) is 1.27. The average Bonchev–Trinajstić information content (AvgIpc) is 2.67. The van der Waals surface area contributed by atoms with Crippen molar-refractivity contribution in [2.24, 2.45) is 5.92 Å². The summed E-state index contributed by atoms with van der Waals surface area (Å²) in [7, 11) is -3.65. The number of nitrogens with zero attached hydrogens (tertiary/aromatic N) is 1. The maximum Gasteiger partial charge on any atom is 0.228 e. The summed E-state index contributed by atoms with van der Waals surface area (Å²) in [5, 5.41) is 3.58. The number of aryl methyl sites for hydroxylation is 1. The van der Waals surface area contributed by atoms with E-state index < -0.39 is 15.9 Å². The van der Waals surface area contributed by atoms with Crippen molar-refractivity contribution in [1.82, 2.24) is 4.31 Å². The van der Waals surface area contributed by atoms with E-state index in [1.165, 1.54) is 4.31 Å². The second-order valence-electron chi connectivity index (χ2n) is 7.10. The molecule has 1 aliphatic heterocycles. The predicted octanol–water partition coefficient (Wildman–Crippen LogP) is 5.09. The normalized spacial score (nSPS) is 17.9. The average molecular weight is 567 g/mol. The van der Waals surface area contributed by atoms with Crippen LogP contribution in [0.5, 0.6) is 0 Å². The number of carbonyl (C=O) groups excluding carboxylic acids is 1. The van der Waals surface area contributed by atoms with Crippen LogP contribution in [0, 0.1) is 16.4 Å². The Labute approximate surface area is 195 Å². The molecule has 1 atom stereocenters. The third-order valence-electron chi connectivity index (χ3n) is 4.98. The number of anilines is 1. The van der Waals surface area contributed by atoms with E-state index in [0.29, 0.717) is 35.0 Å². The van der Waals surface area contributed by atoms with Gasteiger partial charge in [0.2, 0.25) is 15.9 Å². The third-order valence-corrected chi connectivity index (χ3v) is 8.13. The molecule has 0 radical (unpaired) electrons. The molecule has 1 N–H and O–H groups in total. The fraction of sp³-hybridized carbons (Fsp3) is 0.350. The van der Waals surface area contributed by atoms with Gasteiger partial charge in [-0.15, -0.1) is 0 Å². The predicted molar refractivity (Wildman–Crippen MR) is 126 cm³/mol. The Morgan fingerprint density at radius 1 is 1.24 bits per heavy atom. The largest absolute Gasteiger partial charge is 0.326 e. The summed E-state index contributed by atoms with van der Waals surface area (Å²) in [5.74, 6) is -0.847. The standard InChI is InChI=1S/C20H21Cl2IN2O3S/c1-13-10-15(23)7-8-19(13)24-20(26)14-4-3-9-25(11-14)29(27,28)12-16-17(21)5-2-6-18(16)22/h2,5-8,10,14H,3-4,9,11-12H2,1H3,(H,24,26)/t14-/m1/s1. The van der Waals surface area contributed by atoms with E-state index in [4.69, 9.17) is 23.2 Å². The molecular formula is C20H21Cl2IN2O3S. The number of amides is 1. The van der Waals surface area contributed by atoms with E-state index in [-0.39, 0.29) is 18.2 Å². The molecule has 1 fully saturated rings. The fourth-order valence-corrected chi connectivity index (χ4v) is 6.36. The second kappa shape index (κ2) is 9.51. The van der Waals surface area contributed by atoms with Crippen LogP contribution in [0.3, 0.4) is 0 Å². The molecule has 0 aliphatic carbocycles. The van der Waals surface area contributed by atoms with Crippen molar-refractivity contribution in [2.45, 2.75) is 25.5 Å². The minimum atomic E-state index is -3.65. The number of piperidine rings is 1. The van der Waals surface area contributed by atoms with Crippen molar-refractivity contribution in [3.63, 3.8) is 0 Å². The summed E-state index contributed by atoms with van der Waals surface area (Å²) in [6.45, 7) is 2.47. The van der Waals surface area contributed by atoms with Gasteiger partial charge in [0.15, 0.2) is 0 Å². The van der Waals surface area contributed by atoms with Crippen LogP contribution in [0.1, 0.15) is 24.0 Å². The summed E-state index contributed by atoms with van der Waals surface area (Å²) < 4.78 is 28.4. The molecule has 0 bridgehead atoms. The first-order chi connectivity index (χ1) is 13.7. The highest BCUT2D eigenvalue weighted by molar-refractivity contribution is 14.1. The van der Waals surface area contributed by atoms with Crippen molar-refractivity contribution < 1.29 is 13.2 Å². The molecule has 0 spiro atoms. The van der Waals surface area contributed by atoms with Crippen molar-refractivity contribution in [3.05, 3.63) is 61.1 Å². The lowest BCUT2D eigenvalue weighted by Crippen LogP contribution is -2.44. The third kappa shape index (κ3) is 5.64. The first-order valence-corrected chi connectivity index (χ1v) is 12.6. The van der Waals surface area contributed by atoms with Crippen LogP contribution < -0.4 is 5.32 Å². The Hall–Kier alpha value is -0.870. The molecule has 3 rings (SSSR count). The second-order valence-corrected chi connectivity index (χ2v) is 11.1. The van der Waals surface area contributed by atoms with E-state index in [0.717, 1.165) is 14.8 Å². The Morgan fingerprint density at radius 3 is 2.59 bits per heavy atom. The SMILES string of the molecule is Cc1cc(I)ccc1NC(=O)[C@@H]1CCCN(S(=O)(=O)Cc2c(Cl)cccc2Cl)C1. The molecule has 1 aliphatic rings. The molecule has 29 heavy (non-hydrogen) atoms. The van der Waals surface area contributed by atoms with E-state index in [1.807, 2.05) is 25.1 Å². The molecule has 5 nitrogen and oxygen atoms in total. The maximum atomic E-state index is 13.0. The zero-order valence-electron chi connectivity index (χ0n) is 15.8. The van der Waals surface area contributed by atoms with Crippen molar-refractivity contribution in [1.29, 1.82) is 0 Å². The van der Waals surface area contributed by atoms with Crippen molar-refractivity contribution in [3.8, 4) is 0 Å². The van der Waals surface area contributed by atoms with Crippen LogP contribution in [0.15, 0.2) is 36.4 Å². The molecule has 0 unspecified atom stereocenters. The number of nitrogens with one attached hydrogen (secondary N) is 1. The Morgan fingerprint density at radius 2 is 1.93 bits per heavy atom. The number of rotatable bonds is 5. The van der Waals surface area contributed by atoms with Gasteiger partial charge in [0.1, 0.15) is 0 Å². The first kappa shape index (κ1) is 22.8. The molecule has 1 heterocycles. The van der Waals surface area contributed by atoms with Gasteiger partial charge in [-0.1, -0.05) is 29.3 Å². The van der Waals surface area contributed by atoms with Crippen LogP contribution in [-0.2, 0) is 20.6 Å². The number of hydrogen-bond acceptors (Lipinski definition) is 3. The van der Waals surface area contributed by atoms with Crippen LogP contribution >= 0.6 is 45.8 Å². The fourth-order valence-electron chi connectivity index (χ4n) is 3.36. The molecular weight excluding hydrogens is 546 g/mol. The quantitative estimate of drug-likeness (QED) is 0.513. The highest BCUT2D eigenvalue weighted by Gasteiger charge is 2.33. The van der Waals surface area contributed by atoms with Gasteiger partial charge in [-0.05, 0) is 78.3 Å². The Kier molecular flexibility index (Phi) is 7.48. The molecule has 156 valence electrons. The molecule has 0 aromatic heterocycles. The van der Waals surface area contributed by atoms with Gasteiger partial charge in [0, 0.05) is 38.0 Å². The topological polar surface area (TPSA) is 66.5 Å². The maximum absolute atomic E-state index is 13.0. The van der Waals surface area contributed by atoms with E-state index >= 15 is 0 Å². The summed E-state index contributed by atoms with van der Waals surface area (Å²) in [6, 6.07) is 10.7. The van der Waals surface area contributed by atoms with Gasteiger partial charge in [0.05, 0.1) is 11.7 Å². The van der Waals surface area contributed by atoms with E-state index in [1.54, 1.807) is 18.2 Å². The van der Waals surface area contributed by atoms with Crippen LogP contribution in [0.2, 0.25) is 10.0 Å². The first-order valence-electron chi connectivity index (χ1n) is 9.15. The van der Waals surface area contributed by atoms with Crippen LogP contribution in [0.4, 0.5) is 5.69 Å². The zero-order chi connectivity index (χ0) is 21.2. The number of halogens is 3. The monoisotopic (exact) mass is 566 g/mol. The lowest BCUT2D eigenvalue weighted by molar-refractivity contribution is -0.120. The summed E-state index contributed by atoms with van der Waals surface area (Å²) in [4.78, 5) is 12.8. The Balaban J connectivity index is 1.71. The van der Waals surface area contributed by atoms with Crippen LogP contribution in [0.25, 0.3) is 0 Å². The van der Waals surface area contributed by atoms with Gasteiger partial charge in [0.25, 0.3) is 0 Å². The molecule has 1 amide bonds. The molecule has 1 saturated heterocycles. The van der Waals surface area contributed by atoms with Crippen molar-refractivity contribution >= 4 is 67.4 Å². The van der Waals surface area contributed by atoms with E-state index in [2.05, 4.69) is 27.9 Å². The minimum Gasteiger partial charge on any atom is -0.326 e. The van der Waals surface area contributed by atoms with Crippen LogP contribution in [-0.4, -0.2) is 31.7 Å². The highest BCUT2D eigenvalue weighted by Crippen LogP contribution is 2.29. The number of carbonyl (C=O) groups is 1. The van der Waals surface area contributed by atoms with E-state index in [9.17, 15) is 13.2 Å².